The summed E-state index contributed by atoms with van der Waals surface area (Å²) in [5, 5.41) is 8.68. The van der Waals surface area contributed by atoms with Gasteiger partial charge in [-0.25, -0.2) is 0 Å². The van der Waals surface area contributed by atoms with Gasteiger partial charge in [-0.1, -0.05) is 6.42 Å². The van der Waals surface area contributed by atoms with E-state index in [4.69, 9.17) is 16.7 Å². The Hall–Kier alpha value is -0.450. The molecular formula is C8H10ClF3O2. The summed E-state index contributed by atoms with van der Waals surface area (Å²) >= 11 is 5.61. The number of halogens is 4. The van der Waals surface area contributed by atoms with Crippen molar-refractivity contribution in [2.75, 3.05) is 0 Å². The van der Waals surface area contributed by atoms with Crippen LogP contribution in [-0.2, 0) is 4.79 Å². The van der Waals surface area contributed by atoms with Gasteiger partial charge in [-0.2, -0.15) is 13.2 Å². The topological polar surface area (TPSA) is 37.3 Å². The molecule has 2 atom stereocenters. The first kappa shape index (κ1) is 11.6. The van der Waals surface area contributed by atoms with Gasteiger partial charge in [0, 0.05) is 0 Å². The Morgan fingerprint density at radius 3 is 2.50 bits per heavy atom. The molecule has 0 heterocycles. The van der Waals surface area contributed by atoms with Gasteiger partial charge in [0.2, 0.25) is 0 Å². The Bertz CT molecular complexity index is 241. The Kier molecular flexibility index (Phi) is 2.99. The summed E-state index contributed by atoms with van der Waals surface area (Å²) in [4.78, 5) is 8.93. The van der Waals surface area contributed by atoms with E-state index in [0.29, 0.717) is 0 Å². The van der Waals surface area contributed by atoms with E-state index in [0.717, 1.165) is 0 Å². The molecule has 82 valence electrons. The van der Waals surface area contributed by atoms with Crippen molar-refractivity contribution in [2.24, 2.45) is 5.92 Å². The summed E-state index contributed by atoms with van der Waals surface area (Å²) < 4.78 is 36.9. The average Bonchev–Trinajstić information content (AvgIpc) is 2.02. The average molecular weight is 231 g/mol. The lowest BCUT2D eigenvalue weighted by Crippen LogP contribution is -2.42. The van der Waals surface area contributed by atoms with Gasteiger partial charge in [0.1, 0.15) is 4.87 Å². The molecule has 1 aliphatic carbocycles. The number of carboxylic acid groups (broad SMARTS) is 1. The van der Waals surface area contributed by atoms with Crippen LogP contribution in [0.4, 0.5) is 13.2 Å². The van der Waals surface area contributed by atoms with Gasteiger partial charge >= 0.3 is 12.1 Å². The maximum atomic E-state index is 12.3. The molecule has 2 unspecified atom stereocenters. The van der Waals surface area contributed by atoms with Gasteiger partial charge in [0.25, 0.3) is 0 Å². The molecule has 0 radical (unpaired) electrons. The van der Waals surface area contributed by atoms with E-state index in [1.165, 1.54) is 0 Å². The Morgan fingerprint density at radius 1 is 1.50 bits per heavy atom. The van der Waals surface area contributed by atoms with E-state index in [1.54, 1.807) is 0 Å². The third kappa shape index (κ3) is 2.32. The summed E-state index contributed by atoms with van der Waals surface area (Å²) in [5.41, 5.74) is 0. The third-order valence-corrected chi connectivity index (χ3v) is 3.05. The standard InChI is InChI=1S/C8H10ClF3O2/c9-7(6(13)14)3-1-2-5(4-7)8(10,11)12/h5H,1-4H2,(H,13,14). The molecule has 1 fully saturated rings. The minimum atomic E-state index is -4.34. The van der Waals surface area contributed by atoms with Crippen LogP contribution < -0.4 is 0 Å². The molecule has 0 spiro atoms. The fourth-order valence-electron chi connectivity index (χ4n) is 1.70. The van der Waals surface area contributed by atoms with Crippen molar-refractivity contribution in [1.82, 2.24) is 0 Å². The summed E-state index contributed by atoms with van der Waals surface area (Å²) in [5.74, 6) is -2.93. The normalized spacial score (nSPS) is 34.1. The summed E-state index contributed by atoms with van der Waals surface area (Å²) in [6, 6.07) is 0. The van der Waals surface area contributed by atoms with Crippen LogP contribution >= 0.6 is 11.6 Å². The second-order valence-corrected chi connectivity index (χ2v) is 4.33. The summed E-state index contributed by atoms with van der Waals surface area (Å²) in [6.07, 6.45) is -4.56. The maximum absolute atomic E-state index is 12.3. The van der Waals surface area contributed by atoms with Crippen LogP contribution in [0.15, 0.2) is 0 Å². The number of carboxylic acids is 1. The van der Waals surface area contributed by atoms with Crippen molar-refractivity contribution in [3.05, 3.63) is 0 Å². The minimum Gasteiger partial charge on any atom is -0.480 e. The molecule has 1 saturated carbocycles. The molecule has 0 amide bonds. The smallest absolute Gasteiger partial charge is 0.391 e. The van der Waals surface area contributed by atoms with Crippen LogP contribution in [-0.4, -0.2) is 22.1 Å². The number of hydrogen-bond acceptors (Lipinski definition) is 1. The number of rotatable bonds is 1. The zero-order valence-electron chi connectivity index (χ0n) is 7.27. The summed E-state index contributed by atoms with van der Waals surface area (Å²) in [7, 11) is 0. The number of alkyl halides is 4. The predicted octanol–water partition coefficient (Wildman–Crippen LogP) is 2.80. The summed E-state index contributed by atoms with van der Waals surface area (Å²) in [6.45, 7) is 0. The van der Waals surface area contributed by atoms with Crippen LogP contribution in [0.25, 0.3) is 0 Å². The first-order valence-corrected chi connectivity index (χ1v) is 4.62. The number of aliphatic carboxylic acids is 1. The van der Waals surface area contributed by atoms with E-state index < -0.39 is 29.4 Å². The molecule has 1 rings (SSSR count). The molecule has 0 aromatic rings. The Labute approximate surface area is 84.0 Å². The maximum Gasteiger partial charge on any atom is 0.391 e. The quantitative estimate of drug-likeness (QED) is 0.704. The van der Waals surface area contributed by atoms with Gasteiger partial charge in [-0.05, 0) is 19.3 Å². The molecule has 0 saturated heterocycles. The van der Waals surface area contributed by atoms with Crippen molar-refractivity contribution in [2.45, 2.75) is 36.7 Å². The van der Waals surface area contributed by atoms with Crippen LogP contribution in [0.5, 0.6) is 0 Å². The lowest BCUT2D eigenvalue weighted by atomic mass is 9.80. The van der Waals surface area contributed by atoms with E-state index in [2.05, 4.69) is 0 Å². The molecule has 6 heteroatoms. The molecule has 2 nitrogen and oxygen atoms in total. The van der Waals surface area contributed by atoms with E-state index in [-0.39, 0.29) is 19.3 Å². The van der Waals surface area contributed by atoms with Crippen LogP contribution in [0, 0.1) is 5.92 Å². The fourth-order valence-corrected chi connectivity index (χ4v) is 2.02. The highest BCUT2D eigenvalue weighted by molar-refractivity contribution is 6.33. The first-order valence-electron chi connectivity index (χ1n) is 4.25. The van der Waals surface area contributed by atoms with Crippen molar-refractivity contribution in [3.8, 4) is 0 Å². The van der Waals surface area contributed by atoms with Crippen molar-refractivity contribution in [3.63, 3.8) is 0 Å². The molecule has 1 N–H and O–H groups in total. The van der Waals surface area contributed by atoms with Crippen molar-refractivity contribution in [1.29, 1.82) is 0 Å². The first-order chi connectivity index (χ1) is 6.26. The number of carbonyl (C=O) groups is 1. The second kappa shape index (κ2) is 3.61. The Balaban J connectivity index is 2.74. The highest BCUT2D eigenvalue weighted by Gasteiger charge is 2.50. The Morgan fingerprint density at radius 2 is 2.07 bits per heavy atom. The SMILES string of the molecule is O=C(O)C1(Cl)CCCC(C(F)(F)F)C1. The molecule has 0 aliphatic heterocycles. The molecule has 0 bridgehead atoms. The predicted molar refractivity (Wildman–Crippen MR) is 44.2 cm³/mol. The molecule has 1 aliphatic rings. The van der Waals surface area contributed by atoms with Crippen molar-refractivity contribution >= 4 is 17.6 Å². The number of hydrogen-bond donors (Lipinski definition) is 1. The minimum absolute atomic E-state index is 0.0226. The van der Waals surface area contributed by atoms with E-state index in [9.17, 15) is 18.0 Å². The van der Waals surface area contributed by atoms with Crippen molar-refractivity contribution < 1.29 is 23.1 Å². The van der Waals surface area contributed by atoms with Crippen LogP contribution in [0.1, 0.15) is 25.7 Å². The highest BCUT2D eigenvalue weighted by Crippen LogP contribution is 2.44. The van der Waals surface area contributed by atoms with E-state index >= 15 is 0 Å². The van der Waals surface area contributed by atoms with Gasteiger partial charge in [0.15, 0.2) is 0 Å². The van der Waals surface area contributed by atoms with Gasteiger partial charge in [-0.3, -0.25) is 4.79 Å². The lowest BCUT2D eigenvalue weighted by Gasteiger charge is -2.33. The molecule has 0 aromatic heterocycles. The second-order valence-electron chi connectivity index (χ2n) is 3.61. The molecular weight excluding hydrogens is 221 g/mol. The van der Waals surface area contributed by atoms with E-state index in [1.807, 2.05) is 0 Å². The third-order valence-electron chi connectivity index (χ3n) is 2.54. The molecule has 14 heavy (non-hydrogen) atoms. The van der Waals surface area contributed by atoms with Gasteiger partial charge in [0.05, 0.1) is 5.92 Å². The zero-order valence-corrected chi connectivity index (χ0v) is 8.03. The highest BCUT2D eigenvalue weighted by atomic mass is 35.5. The molecule has 0 aromatic carbocycles. The van der Waals surface area contributed by atoms with Gasteiger partial charge in [-0.15, -0.1) is 11.6 Å². The lowest BCUT2D eigenvalue weighted by molar-refractivity contribution is -0.186. The zero-order chi connectivity index (χ0) is 11.0. The van der Waals surface area contributed by atoms with Crippen LogP contribution in [0.2, 0.25) is 0 Å². The fraction of sp³-hybridized carbons (Fsp3) is 0.875. The van der Waals surface area contributed by atoms with Crippen LogP contribution in [0.3, 0.4) is 0 Å². The largest absolute Gasteiger partial charge is 0.480 e. The van der Waals surface area contributed by atoms with Gasteiger partial charge < -0.3 is 5.11 Å². The monoisotopic (exact) mass is 230 g/mol.